The van der Waals surface area contributed by atoms with Crippen LogP contribution in [-0.2, 0) is 0 Å². The minimum atomic E-state index is -0.255. The Morgan fingerprint density at radius 3 is 1.63 bits per heavy atom. The molecule has 0 bridgehead atoms. The lowest BCUT2D eigenvalue weighted by Crippen LogP contribution is -2.02. The van der Waals surface area contributed by atoms with Gasteiger partial charge in [0, 0.05) is 27.2 Å². The van der Waals surface area contributed by atoms with Crippen LogP contribution in [0, 0.1) is 10.1 Å². The maximum Gasteiger partial charge on any atom is 0.300 e. The van der Waals surface area contributed by atoms with Crippen LogP contribution in [0.25, 0.3) is 66.1 Å². The van der Waals surface area contributed by atoms with Crippen LogP contribution in [-0.4, -0.2) is 14.1 Å². The van der Waals surface area contributed by atoms with Crippen LogP contribution >= 0.6 is 0 Å². The molecule has 5 heteroatoms. The van der Waals surface area contributed by atoms with Gasteiger partial charge in [-0.05, 0) is 48.0 Å². The Morgan fingerprint density at radius 2 is 1.02 bits per heavy atom. The number of hydrogen-bond acceptors (Lipinski definition) is 2. The number of benzene rings is 6. The fraction of sp³-hybridized carbons (Fsp3) is 0. The molecule has 6 aromatic carbocycles. The maximum absolute atomic E-state index is 12.7. The zero-order valence-corrected chi connectivity index (χ0v) is 21.9. The van der Waals surface area contributed by atoms with Gasteiger partial charge >= 0.3 is 5.69 Å². The average Bonchev–Trinajstić information content (AvgIpc) is 3.53. The van der Waals surface area contributed by atoms with E-state index in [1.165, 1.54) is 10.8 Å². The van der Waals surface area contributed by atoms with Gasteiger partial charge in [0.05, 0.1) is 32.6 Å². The summed E-state index contributed by atoms with van der Waals surface area (Å²) >= 11 is 0. The van der Waals surface area contributed by atoms with E-state index in [1.54, 1.807) is 0 Å². The van der Waals surface area contributed by atoms with Crippen LogP contribution in [0.3, 0.4) is 0 Å². The van der Waals surface area contributed by atoms with Crippen LogP contribution in [0.5, 0.6) is 0 Å². The van der Waals surface area contributed by atoms with E-state index in [9.17, 15) is 10.1 Å². The number of hydrogen-bond donors (Lipinski definition) is 0. The molecule has 5 nitrogen and oxygen atoms in total. The largest absolute Gasteiger partial charge is 0.309 e. The lowest BCUT2D eigenvalue weighted by Gasteiger charge is -2.13. The molecule has 8 aromatic rings. The highest BCUT2D eigenvalue weighted by molar-refractivity contribution is 6.12. The zero-order chi connectivity index (χ0) is 27.5. The van der Waals surface area contributed by atoms with Crippen LogP contribution in [0.2, 0.25) is 0 Å². The molecule has 0 saturated heterocycles. The monoisotopic (exact) mass is 529 g/mol. The first kappa shape index (κ1) is 23.2. The smallest absolute Gasteiger partial charge is 0.300 e. The Hall–Kier alpha value is -5.68. The van der Waals surface area contributed by atoms with Crippen LogP contribution in [0.1, 0.15) is 0 Å². The van der Waals surface area contributed by atoms with Crippen molar-refractivity contribution < 1.29 is 4.92 Å². The van der Waals surface area contributed by atoms with E-state index < -0.39 is 0 Å². The molecular formula is C36H23N3O2. The van der Waals surface area contributed by atoms with E-state index in [0.29, 0.717) is 11.3 Å². The van der Waals surface area contributed by atoms with Gasteiger partial charge in [-0.3, -0.25) is 10.1 Å². The van der Waals surface area contributed by atoms with E-state index in [-0.39, 0.29) is 10.6 Å². The zero-order valence-electron chi connectivity index (χ0n) is 21.9. The lowest BCUT2D eigenvalue weighted by molar-refractivity contribution is -0.383. The number of nitro groups is 1. The summed E-state index contributed by atoms with van der Waals surface area (Å²) in [6.07, 6.45) is 0. The van der Waals surface area contributed by atoms with E-state index >= 15 is 0 Å². The van der Waals surface area contributed by atoms with Crippen LogP contribution in [0.4, 0.5) is 5.69 Å². The average molecular weight is 530 g/mol. The summed E-state index contributed by atoms with van der Waals surface area (Å²) in [5.41, 5.74) is 7.12. The highest BCUT2D eigenvalue weighted by atomic mass is 16.6. The fourth-order valence-electron chi connectivity index (χ4n) is 6.31. The molecule has 0 spiro atoms. The molecule has 2 aromatic heterocycles. The quantitative estimate of drug-likeness (QED) is 0.168. The first-order valence-corrected chi connectivity index (χ1v) is 13.6. The van der Waals surface area contributed by atoms with Crippen molar-refractivity contribution in [3.8, 4) is 22.5 Å². The molecule has 194 valence electrons. The Bertz CT molecular complexity index is 2240. The summed E-state index contributed by atoms with van der Waals surface area (Å²) in [6.45, 7) is 0. The van der Waals surface area contributed by atoms with E-state index in [4.69, 9.17) is 0 Å². The van der Waals surface area contributed by atoms with Gasteiger partial charge in [-0.15, -0.1) is 0 Å². The summed E-state index contributed by atoms with van der Waals surface area (Å²) in [7, 11) is 0. The number of nitrogens with zero attached hydrogens (tertiary/aromatic N) is 3. The second-order valence-corrected chi connectivity index (χ2v) is 10.2. The van der Waals surface area contributed by atoms with E-state index in [2.05, 4.69) is 77.4 Å². The number of fused-ring (bicyclic) bond motifs is 6. The predicted octanol–water partition coefficient (Wildman–Crippen LogP) is 9.46. The highest BCUT2D eigenvalue weighted by Gasteiger charge is 2.25. The molecule has 0 amide bonds. The van der Waals surface area contributed by atoms with Gasteiger partial charge < -0.3 is 9.13 Å². The van der Waals surface area contributed by atoms with Crippen molar-refractivity contribution in [3.05, 3.63) is 150 Å². The van der Waals surface area contributed by atoms with Crippen LogP contribution in [0.15, 0.2) is 140 Å². The van der Waals surface area contributed by atoms with Gasteiger partial charge in [0.25, 0.3) is 0 Å². The normalized spacial score (nSPS) is 11.6. The topological polar surface area (TPSA) is 53.0 Å². The minimum Gasteiger partial charge on any atom is -0.309 e. The van der Waals surface area contributed by atoms with Gasteiger partial charge in [-0.25, -0.2) is 0 Å². The number of nitro benzene ring substituents is 1. The molecule has 8 rings (SSSR count). The summed E-state index contributed by atoms with van der Waals surface area (Å²) in [5.74, 6) is 0. The fourth-order valence-corrected chi connectivity index (χ4v) is 6.31. The molecule has 0 unspecified atom stereocenters. The number of aromatic nitrogens is 2. The molecular weight excluding hydrogens is 506 g/mol. The summed E-state index contributed by atoms with van der Waals surface area (Å²) in [5, 5.41) is 17.2. The van der Waals surface area contributed by atoms with Crippen molar-refractivity contribution >= 4 is 49.3 Å². The third kappa shape index (κ3) is 3.42. The molecule has 41 heavy (non-hydrogen) atoms. The van der Waals surface area contributed by atoms with Gasteiger partial charge in [-0.1, -0.05) is 97.1 Å². The van der Waals surface area contributed by atoms with E-state index in [0.717, 1.165) is 44.1 Å². The molecule has 0 aliphatic rings. The van der Waals surface area contributed by atoms with Crippen molar-refractivity contribution in [1.29, 1.82) is 0 Å². The van der Waals surface area contributed by atoms with Gasteiger partial charge in [0.1, 0.15) is 5.69 Å². The molecule has 0 aliphatic heterocycles. The Labute approximate surface area is 235 Å². The molecule has 0 N–H and O–H groups in total. The van der Waals surface area contributed by atoms with Crippen molar-refractivity contribution in [3.63, 3.8) is 0 Å². The van der Waals surface area contributed by atoms with Crippen molar-refractivity contribution in [1.82, 2.24) is 9.13 Å². The molecule has 0 aliphatic carbocycles. The first-order chi connectivity index (χ1) is 20.2. The standard InChI is InChI=1S/C36H23N3O2/c40-39(41)36-26(24-11-2-1-3-12-24)16-10-20-34(36)38-33-19-9-6-15-29(33)30-22-21-25(23-35(30)38)37-31-17-7-4-13-27(31)28-14-5-8-18-32(28)37/h1-23H. The van der Waals surface area contributed by atoms with Gasteiger partial charge in [0.15, 0.2) is 0 Å². The number of rotatable bonds is 4. The molecule has 0 saturated carbocycles. The van der Waals surface area contributed by atoms with Crippen molar-refractivity contribution in [2.24, 2.45) is 0 Å². The highest BCUT2D eigenvalue weighted by Crippen LogP contribution is 2.41. The maximum atomic E-state index is 12.7. The van der Waals surface area contributed by atoms with Crippen molar-refractivity contribution in [2.45, 2.75) is 0 Å². The van der Waals surface area contributed by atoms with Crippen LogP contribution < -0.4 is 0 Å². The molecule has 0 radical (unpaired) electrons. The van der Waals surface area contributed by atoms with Gasteiger partial charge in [0.2, 0.25) is 0 Å². The summed E-state index contributed by atoms with van der Waals surface area (Å²) in [4.78, 5) is 12.5. The Morgan fingerprint density at radius 1 is 0.488 bits per heavy atom. The Balaban J connectivity index is 1.48. The lowest BCUT2D eigenvalue weighted by atomic mass is 10.0. The minimum absolute atomic E-state index is 0.0867. The number of para-hydroxylation sites is 4. The van der Waals surface area contributed by atoms with E-state index in [1.807, 2.05) is 71.3 Å². The molecule has 0 atom stereocenters. The molecule has 2 heterocycles. The predicted molar refractivity (Wildman–Crippen MR) is 167 cm³/mol. The summed E-state index contributed by atoms with van der Waals surface area (Å²) in [6, 6.07) is 46.6. The third-order valence-electron chi connectivity index (χ3n) is 8.02. The SMILES string of the molecule is O=[N+]([O-])c1c(-c2ccccc2)cccc1-n1c2ccccc2c2ccc(-n3c4ccccc4c4ccccc43)cc21. The second kappa shape index (κ2) is 8.93. The summed E-state index contributed by atoms with van der Waals surface area (Å²) < 4.78 is 4.33. The Kier molecular flexibility index (Phi) is 5.06. The molecule has 0 fully saturated rings. The van der Waals surface area contributed by atoms with Crippen molar-refractivity contribution in [2.75, 3.05) is 0 Å². The van der Waals surface area contributed by atoms with Gasteiger partial charge in [-0.2, -0.15) is 0 Å². The third-order valence-corrected chi connectivity index (χ3v) is 8.02. The first-order valence-electron chi connectivity index (χ1n) is 13.6. The second-order valence-electron chi connectivity index (χ2n) is 10.2.